The fourth-order valence-electron chi connectivity index (χ4n) is 3.02. The average Bonchev–Trinajstić information content (AvgIpc) is 3.03. The van der Waals surface area contributed by atoms with Gasteiger partial charge in [-0.15, -0.1) is 0 Å². The molecule has 27 heavy (non-hydrogen) atoms. The van der Waals surface area contributed by atoms with E-state index in [4.69, 9.17) is 9.72 Å². The van der Waals surface area contributed by atoms with E-state index in [0.717, 1.165) is 28.5 Å². The Balaban J connectivity index is 1.86. The van der Waals surface area contributed by atoms with Gasteiger partial charge in [0, 0.05) is 5.69 Å². The lowest BCUT2D eigenvalue weighted by atomic mass is 10.1. The van der Waals surface area contributed by atoms with Crippen LogP contribution in [0.3, 0.4) is 0 Å². The van der Waals surface area contributed by atoms with Gasteiger partial charge in [-0.1, -0.05) is 18.2 Å². The van der Waals surface area contributed by atoms with E-state index in [1.807, 2.05) is 60.0 Å². The topological polar surface area (TPSA) is 75.2 Å². The Morgan fingerprint density at radius 2 is 1.89 bits per heavy atom. The summed E-state index contributed by atoms with van der Waals surface area (Å²) in [5, 5.41) is 12.7. The van der Waals surface area contributed by atoms with Crippen molar-refractivity contribution in [3.05, 3.63) is 72.1 Å². The number of nitriles is 1. The van der Waals surface area contributed by atoms with Gasteiger partial charge in [0.25, 0.3) is 0 Å². The number of ether oxygens (including phenoxy) is 1. The minimum Gasteiger partial charge on any atom is -0.495 e. The lowest BCUT2D eigenvalue weighted by molar-refractivity contribution is 0.412. The van der Waals surface area contributed by atoms with Gasteiger partial charge in [-0.05, 0) is 43.3 Å². The first-order chi connectivity index (χ1) is 13.2. The number of hydrogen-bond donors (Lipinski definition) is 1. The normalized spacial score (nSPS) is 10.6. The molecule has 0 fully saturated rings. The fourth-order valence-corrected chi connectivity index (χ4v) is 3.02. The SMILES string of the molecule is COc1ccc2nc(C)c(-c3cc(C#N)cc(Nc4ccccc4)n3)n2c1. The van der Waals surface area contributed by atoms with Crippen molar-refractivity contribution in [1.29, 1.82) is 5.26 Å². The number of aryl methyl sites for hydroxylation is 1. The summed E-state index contributed by atoms with van der Waals surface area (Å²) in [5.74, 6) is 1.33. The molecular formula is C21H17N5O. The molecule has 0 bridgehead atoms. The van der Waals surface area contributed by atoms with E-state index in [2.05, 4.69) is 16.4 Å². The summed E-state index contributed by atoms with van der Waals surface area (Å²) in [7, 11) is 1.63. The molecule has 0 aliphatic carbocycles. The van der Waals surface area contributed by atoms with Crippen LogP contribution in [0.25, 0.3) is 17.0 Å². The van der Waals surface area contributed by atoms with Gasteiger partial charge in [-0.3, -0.25) is 4.40 Å². The van der Waals surface area contributed by atoms with Crippen LogP contribution in [0.4, 0.5) is 11.5 Å². The van der Waals surface area contributed by atoms with E-state index in [9.17, 15) is 5.26 Å². The number of anilines is 2. The largest absolute Gasteiger partial charge is 0.495 e. The van der Waals surface area contributed by atoms with E-state index < -0.39 is 0 Å². The molecule has 0 saturated heterocycles. The molecule has 0 saturated carbocycles. The maximum Gasteiger partial charge on any atom is 0.137 e. The highest BCUT2D eigenvalue weighted by Crippen LogP contribution is 2.28. The summed E-state index contributed by atoms with van der Waals surface area (Å²) in [6.45, 7) is 1.93. The number of methoxy groups -OCH3 is 1. The van der Waals surface area contributed by atoms with Crippen LogP contribution in [0.15, 0.2) is 60.8 Å². The highest BCUT2D eigenvalue weighted by molar-refractivity contribution is 5.69. The highest BCUT2D eigenvalue weighted by Gasteiger charge is 2.15. The molecule has 0 unspecified atom stereocenters. The number of pyridine rings is 2. The number of nitrogens with zero attached hydrogens (tertiary/aromatic N) is 4. The second kappa shape index (κ2) is 6.81. The Morgan fingerprint density at radius 1 is 1.07 bits per heavy atom. The van der Waals surface area contributed by atoms with Crippen molar-refractivity contribution < 1.29 is 4.74 Å². The van der Waals surface area contributed by atoms with Crippen LogP contribution in [-0.4, -0.2) is 21.5 Å². The molecule has 0 aliphatic heterocycles. The Morgan fingerprint density at radius 3 is 2.63 bits per heavy atom. The predicted octanol–water partition coefficient (Wildman–Crippen LogP) is 4.33. The van der Waals surface area contributed by atoms with Gasteiger partial charge in [0.2, 0.25) is 0 Å². The molecule has 0 spiro atoms. The number of rotatable bonds is 4. The third-order valence-corrected chi connectivity index (χ3v) is 4.24. The lowest BCUT2D eigenvalue weighted by Gasteiger charge is -2.10. The number of aromatic nitrogens is 3. The third kappa shape index (κ3) is 3.18. The first-order valence-corrected chi connectivity index (χ1v) is 8.45. The van der Waals surface area contributed by atoms with Gasteiger partial charge in [-0.2, -0.15) is 5.26 Å². The van der Waals surface area contributed by atoms with E-state index in [0.29, 0.717) is 17.1 Å². The summed E-state index contributed by atoms with van der Waals surface area (Å²) in [5.41, 5.74) is 4.56. The first-order valence-electron chi connectivity index (χ1n) is 8.45. The van der Waals surface area contributed by atoms with Crippen molar-refractivity contribution in [3.63, 3.8) is 0 Å². The van der Waals surface area contributed by atoms with Gasteiger partial charge in [0.05, 0.1) is 42.0 Å². The van der Waals surface area contributed by atoms with Gasteiger partial charge in [0.15, 0.2) is 0 Å². The van der Waals surface area contributed by atoms with Crippen molar-refractivity contribution in [2.75, 3.05) is 12.4 Å². The Kier molecular flexibility index (Phi) is 4.19. The zero-order valence-corrected chi connectivity index (χ0v) is 15.0. The maximum absolute atomic E-state index is 9.47. The van der Waals surface area contributed by atoms with Crippen LogP contribution >= 0.6 is 0 Å². The van der Waals surface area contributed by atoms with Gasteiger partial charge < -0.3 is 10.1 Å². The number of para-hydroxylation sites is 1. The van der Waals surface area contributed by atoms with E-state index >= 15 is 0 Å². The molecule has 3 heterocycles. The second-order valence-corrected chi connectivity index (χ2v) is 6.07. The van der Waals surface area contributed by atoms with Crippen LogP contribution in [0.1, 0.15) is 11.3 Å². The van der Waals surface area contributed by atoms with Crippen LogP contribution in [0, 0.1) is 18.3 Å². The van der Waals surface area contributed by atoms with E-state index in [1.165, 1.54) is 0 Å². The van der Waals surface area contributed by atoms with Gasteiger partial charge >= 0.3 is 0 Å². The molecule has 0 atom stereocenters. The third-order valence-electron chi connectivity index (χ3n) is 4.24. The molecular weight excluding hydrogens is 338 g/mol. The second-order valence-electron chi connectivity index (χ2n) is 6.07. The van der Waals surface area contributed by atoms with Crippen molar-refractivity contribution in [3.8, 4) is 23.2 Å². The van der Waals surface area contributed by atoms with Gasteiger partial charge in [0.1, 0.15) is 17.2 Å². The van der Waals surface area contributed by atoms with Crippen LogP contribution in [0.5, 0.6) is 5.75 Å². The monoisotopic (exact) mass is 355 g/mol. The van der Waals surface area contributed by atoms with Crippen molar-refractivity contribution in [2.24, 2.45) is 0 Å². The molecule has 132 valence electrons. The Bertz CT molecular complexity index is 1160. The molecule has 0 amide bonds. The Labute approximate surface area is 156 Å². The zero-order valence-electron chi connectivity index (χ0n) is 15.0. The molecule has 4 aromatic rings. The predicted molar refractivity (Wildman–Crippen MR) is 104 cm³/mol. The number of imidazole rings is 1. The number of hydrogen-bond acceptors (Lipinski definition) is 5. The quantitative estimate of drug-likeness (QED) is 0.590. The van der Waals surface area contributed by atoms with E-state index in [-0.39, 0.29) is 0 Å². The average molecular weight is 355 g/mol. The minimum atomic E-state index is 0.524. The molecule has 1 N–H and O–H groups in total. The molecule has 6 nitrogen and oxygen atoms in total. The zero-order chi connectivity index (χ0) is 18.8. The molecule has 1 aromatic carbocycles. The molecule has 4 rings (SSSR count). The number of fused-ring (bicyclic) bond motifs is 1. The fraction of sp³-hybridized carbons (Fsp3) is 0.0952. The van der Waals surface area contributed by atoms with Gasteiger partial charge in [-0.25, -0.2) is 9.97 Å². The summed E-state index contributed by atoms with van der Waals surface area (Å²) in [6.07, 6.45) is 1.87. The standard InChI is InChI=1S/C21H17N5O/c1-14-21(26-13-17(27-2)8-9-20(26)23-14)18-10-15(12-22)11-19(25-18)24-16-6-4-3-5-7-16/h3-11,13H,1-2H3,(H,24,25). The van der Waals surface area contributed by atoms with Crippen LogP contribution in [-0.2, 0) is 0 Å². The molecule has 0 aliphatic rings. The number of benzene rings is 1. The summed E-state index contributed by atoms with van der Waals surface area (Å²) in [6, 6.07) is 19.2. The van der Waals surface area contributed by atoms with Crippen molar-refractivity contribution >= 4 is 17.2 Å². The molecule has 0 radical (unpaired) electrons. The van der Waals surface area contributed by atoms with Crippen molar-refractivity contribution in [2.45, 2.75) is 6.92 Å². The van der Waals surface area contributed by atoms with Crippen LogP contribution < -0.4 is 10.1 Å². The minimum absolute atomic E-state index is 0.524. The molecule has 3 aromatic heterocycles. The highest BCUT2D eigenvalue weighted by atomic mass is 16.5. The van der Waals surface area contributed by atoms with Crippen molar-refractivity contribution in [1.82, 2.24) is 14.4 Å². The lowest BCUT2D eigenvalue weighted by Crippen LogP contribution is -1.99. The smallest absolute Gasteiger partial charge is 0.137 e. The maximum atomic E-state index is 9.47. The Hall–Kier alpha value is -3.85. The summed E-state index contributed by atoms with van der Waals surface area (Å²) in [4.78, 5) is 9.32. The number of nitrogens with one attached hydrogen (secondary N) is 1. The van der Waals surface area contributed by atoms with E-state index in [1.54, 1.807) is 19.2 Å². The summed E-state index contributed by atoms with van der Waals surface area (Å²) < 4.78 is 7.27. The van der Waals surface area contributed by atoms with Crippen LogP contribution in [0.2, 0.25) is 0 Å². The summed E-state index contributed by atoms with van der Waals surface area (Å²) >= 11 is 0. The molecule has 6 heteroatoms. The first kappa shape index (κ1) is 16.6.